The number of carbonyl (C=O) groups is 1. The van der Waals surface area contributed by atoms with Crippen LogP contribution in [0.5, 0.6) is 0 Å². The molecule has 3 aromatic rings. The van der Waals surface area contributed by atoms with Gasteiger partial charge in [0, 0.05) is 24.7 Å². The highest BCUT2D eigenvalue weighted by Gasteiger charge is 2.39. The number of halogens is 3. The van der Waals surface area contributed by atoms with Crippen LogP contribution in [0.2, 0.25) is 0 Å². The van der Waals surface area contributed by atoms with E-state index in [4.69, 9.17) is 0 Å². The Morgan fingerprint density at radius 1 is 1.03 bits per heavy atom. The maximum atomic E-state index is 14.2. The van der Waals surface area contributed by atoms with Crippen LogP contribution in [0.25, 0.3) is 11.3 Å². The highest BCUT2D eigenvalue weighted by atomic mass is 32.2. The second kappa shape index (κ2) is 10.1. The monoisotopic (exact) mass is 533 g/mol. The van der Waals surface area contributed by atoms with Crippen LogP contribution in [-0.2, 0) is 20.8 Å². The second-order valence-electron chi connectivity index (χ2n) is 9.27. The van der Waals surface area contributed by atoms with E-state index in [1.54, 1.807) is 26.0 Å². The fraction of sp³-hybridized carbons (Fsp3) is 0.346. The third-order valence-electron chi connectivity index (χ3n) is 6.52. The molecular formula is C26H26F3N3O4S. The Morgan fingerprint density at radius 3 is 2.32 bits per heavy atom. The summed E-state index contributed by atoms with van der Waals surface area (Å²) in [7, 11) is -4.47. The van der Waals surface area contributed by atoms with Crippen molar-refractivity contribution in [3.05, 3.63) is 66.0 Å². The number of anilines is 1. The van der Waals surface area contributed by atoms with Crippen LogP contribution in [-0.4, -0.2) is 42.6 Å². The molecule has 1 fully saturated rings. The molecule has 1 aliphatic rings. The molecule has 37 heavy (non-hydrogen) atoms. The first-order valence-electron chi connectivity index (χ1n) is 11.7. The molecule has 4 rings (SSSR count). The molecule has 0 unspecified atom stereocenters. The molecule has 196 valence electrons. The Hall–Kier alpha value is -3.47. The van der Waals surface area contributed by atoms with Gasteiger partial charge in [-0.25, -0.2) is 18.4 Å². The molecule has 0 atom stereocenters. The number of piperidine rings is 1. The summed E-state index contributed by atoms with van der Waals surface area (Å²) in [4.78, 5) is 20.4. The fourth-order valence-corrected chi connectivity index (χ4v) is 6.32. The number of hydrogen-bond acceptors (Lipinski definition) is 6. The summed E-state index contributed by atoms with van der Waals surface area (Å²) < 4.78 is 69.4. The van der Waals surface area contributed by atoms with Gasteiger partial charge in [0.2, 0.25) is 9.84 Å². The van der Waals surface area contributed by atoms with E-state index in [0.717, 1.165) is 12.1 Å². The van der Waals surface area contributed by atoms with Gasteiger partial charge in [-0.1, -0.05) is 38.1 Å². The fourth-order valence-electron chi connectivity index (χ4n) is 4.50. The number of benzene rings is 2. The Kier molecular flexibility index (Phi) is 7.27. The predicted octanol–water partition coefficient (Wildman–Crippen LogP) is 5.42. The molecule has 1 saturated heterocycles. The van der Waals surface area contributed by atoms with Crippen molar-refractivity contribution in [2.75, 3.05) is 18.0 Å². The molecule has 0 spiro atoms. The van der Waals surface area contributed by atoms with Crippen LogP contribution in [0.15, 0.2) is 64.6 Å². The summed E-state index contributed by atoms with van der Waals surface area (Å²) >= 11 is 0. The van der Waals surface area contributed by atoms with E-state index in [1.165, 1.54) is 30.6 Å². The van der Waals surface area contributed by atoms with Crippen LogP contribution in [0.3, 0.4) is 0 Å². The molecule has 2 aromatic carbocycles. The summed E-state index contributed by atoms with van der Waals surface area (Å²) in [5.74, 6) is -1.04. The van der Waals surface area contributed by atoms with Crippen LogP contribution >= 0.6 is 0 Å². The Bertz CT molecular complexity index is 1420. The van der Waals surface area contributed by atoms with Crippen molar-refractivity contribution in [2.45, 2.75) is 48.6 Å². The van der Waals surface area contributed by atoms with E-state index < -0.39 is 38.4 Å². The van der Waals surface area contributed by atoms with Gasteiger partial charge in [0.15, 0.2) is 0 Å². The molecule has 0 saturated carbocycles. The highest BCUT2D eigenvalue weighted by molar-refractivity contribution is 7.91. The third kappa shape index (κ3) is 5.46. The minimum absolute atomic E-state index is 0.0903. The van der Waals surface area contributed by atoms with Crippen LogP contribution in [0.1, 0.15) is 43.7 Å². The van der Waals surface area contributed by atoms with Gasteiger partial charge >= 0.3 is 12.1 Å². The first-order chi connectivity index (χ1) is 17.4. The van der Waals surface area contributed by atoms with Crippen LogP contribution < -0.4 is 4.90 Å². The number of aliphatic carboxylic acids is 1. The van der Waals surface area contributed by atoms with Gasteiger partial charge in [-0.3, -0.25) is 4.79 Å². The van der Waals surface area contributed by atoms with Crippen molar-refractivity contribution < 1.29 is 31.5 Å². The zero-order valence-electron chi connectivity index (χ0n) is 20.2. The Balaban J connectivity index is 1.74. The lowest BCUT2D eigenvalue weighted by molar-refractivity contribution is -0.142. The molecule has 11 heteroatoms. The number of carboxylic acid groups (broad SMARTS) is 1. The predicted molar refractivity (Wildman–Crippen MR) is 131 cm³/mol. The normalized spacial score (nSPS) is 15.2. The first kappa shape index (κ1) is 26.6. The van der Waals surface area contributed by atoms with Crippen molar-refractivity contribution >= 4 is 21.6 Å². The van der Waals surface area contributed by atoms with E-state index in [0.29, 0.717) is 37.3 Å². The first-order valence-corrected chi connectivity index (χ1v) is 13.2. The van der Waals surface area contributed by atoms with Gasteiger partial charge in [-0.2, -0.15) is 13.2 Å². The quantitative estimate of drug-likeness (QED) is 0.452. The van der Waals surface area contributed by atoms with E-state index in [2.05, 4.69) is 9.97 Å². The van der Waals surface area contributed by atoms with Gasteiger partial charge in [-0.15, -0.1) is 0 Å². The van der Waals surface area contributed by atoms with E-state index in [-0.39, 0.29) is 22.1 Å². The van der Waals surface area contributed by atoms with E-state index in [1.807, 2.05) is 4.90 Å². The maximum Gasteiger partial charge on any atom is 0.417 e. The standard InChI is InChI=1S/C26H26F3N3O4S/c1-16(2)19-5-3-4-6-22(19)37(35,36)23-8-7-18(13-20(23)26(27,28)29)21-14-24(31-15-30-21)32-11-9-17(10-12-32)25(33)34/h3-8,13-17H,9-12H2,1-2H3,(H,33,34). The number of hydrogen-bond donors (Lipinski definition) is 1. The van der Waals surface area contributed by atoms with E-state index in [9.17, 15) is 31.5 Å². The number of carboxylic acids is 1. The molecule has 0 radical (unpaired) electrons. The number of aromatic nitrogens is 2. The summed E-state index contributed by atoms with van der Waals surface area (Å²) in [6.45, 7) is 4.43. The molecular weight excluding hydrogens is 507 g/mol. The van der Waals surface area contributed by atoms with E-state index >= 15 is 0 Å². The molecule has 2 heterocycles. The van der Waals surface area contributed by atoms with Crippen molar-refractivity contribution in [3.63, 3.8) is 0 Å². The minimum Gasteiger partial charge on any atom is -0.481 e. The Morgan fingerprint density at radius 2 is 1.70 bits per heavy atom. The van der Waals surface area contributed by atoms with Gasteiger partial charge < -0.3 is 10.0 Å². The lowest BCUT2D eigenvalue weighted by Crippen LogP contribution is -2.36. The molecule has 7 nitrogen and oxygen atoms in total. The number of sulfone groups is 1. The average Bonchev–Trinajstić information content (AvgIpc) is 2.88. The molecule has 0 bridgehead atoms. The summed E-state index contributed by atoms with van der Waals surface area (Å²) in [5.41, 5.74) is -0.548. The lowest BCUT2D eigenvalue weighted by Gasteiger charge is -2.31. The van der Waals surface area contributed by atoms with Crippen molar-refractivity contribution in [2.24, 2.45) is 5.92 Å². The van der Waals surface area contributed by atoms with Gasteiger partial charge in [0.05, 0.1) is 27.0 Å². The van der Waals surface area contributed by atoms with Crippen LogP contribution in [0, 0.1) is 5.92 Å². The summed E-state index contributed by atoms with van der Waals surface area (Å²) in [6, 6.07) is 10.7. The third-order valence-corrected chi connectivity index (χ3v) is 8.41. The minimum atomic E-state index is -4.93. The second-order valence-corrected chi connectivity index (χ2v) is 11.2. The summed E-state index contributed by atoms with van der Waals surface area (Å²) in [5, 5.41) is 9.20. The van der Waals surface area contributed by atoms with Crippen molar-refractivity contribution in [3.8, 4) is 11.3 Å². The number of nitrogens with zero attached hydrogens (tertiary/aromatic N) is 3. The topological polar surface area (TPSA) is 100 Å². The van der Waals surface area contributed by atoms with Crippen molar-refractivity contribution in [1.29, 1.82) is 0 Å². The zero-order chi connectivity index (χ0) is 27.0. The molecule has 0 aliphatic carbocycles. The van der Waals surface area contributed by atoms with Crippen molar-refractivity contribution in [1.82, 2.24) is 9.97 Å². The number of rotatable bonds is 6. The van der Waals surface area contributed by atoms with Gasteiger partial charge in [-0.05, 0) is 42.5 Å². The van der Waals surface area contributed by atoms with Crippen LogP contribution in [0.4, 0.5) is 19.0 Å². The maximum absolute atomic E-state index is 14.2. The molecule has 1 N–H and O–H groups in total. The summed E-state index contributed by atoms with van der Waals surface area (Å²) in [6.07, 6.45) is -2.85. The molecule has 0 amide bonds. The van der Waals surface area contributed by atoms with Gasteiger partial charge in [0.25, 0.3) is 0 Å². The smallest absolute Gasteiger partial charge is 0.417 e. The zero-order valence-corrected chi connectivity index (χ0v) is 21.1. The SMILES string of the molecule is CC(C)c1ccccc1S(=O)(=O)c1ccc(-c2cc(N3CCC(C(=O)O)CC3)ncn2)cc1C(F)(F)F. The Labute approximate surface area is 212 Å². The largest absolute Gasteiger partial charge is 0.481 e. The highest BCUT2D eigenvalue weighted by Crippen LogP contribution is 2.40. The lowest BCUT2D eigenvalue weighted by atomic mass is 9.97. The molecule has 1 aromatic heterocycles. The molecule has 1 aliphatic heterocycles. The average molecular weight is 534 g/mol. The number of alkyl halides is 3. The van der Waals surface area contributed by atoms with Gasteiger partial charge in [0.1, 0.15) is 12.1 Å².